The van der Waals surface area contributed by atoms with Crippen molar-refractivity contribution in [3.05, 3.63) is 0 Å². The fourth-order valence-electron chi connectivity index (χ4n) is 1.84. The smallest absolute Gasteiger partial charge is 0.00947 e. The maximum Gasteiger partial charge on any atom is 0.00947 e. The summed E-state index contributed by atoms with van der Waals surface area (Å²) in [6, 6.07) is 0.889. The van der Waals surface area contributed by atoms with E-state index in [1.807, 2.05) is 13.8 Å². The van der Waals surface area contributed by atoms with Crippen molar-refractivity contribution in [1.29, 1.82) is 0 Å². The third-order valence-electron chi connectivity index (χ3n) is 2.79. The lowest BCUT2D eigenvalue weighted by Gasteiger charge is -2.21. The predicted molar refractivity (Wildman–Crippen MR) is 56.5 cm³/mol. The molecular formula is C11H25N. The van der Waals surface area contributed by atoms with E-state index in [1.54, 1.807) is 0 Å². The highest BCUT2D eigenvalue weighted by atomic mass is 15.1. The molecule has 1 nitrogen and oxygen atoms in total. The Morgan fingerprint density at radius 2 is 1.83 bits per heavy atom. The lowest BCUT2D eigenvalue weighted by molar-refractivity contribution is 0.253. The average molecular weight is 171 g/mol. The number of hydrogen-bond acceptors (Lipinski definition) is 1. The molecule has 74 valence electrons. The van der Waals surface area contributed by atoms with Crippen LogP contribution in [0.5, 0.6) is 0 Å². The van der Waals surface area contributed by atoms with E-state index in [0.29, 0.717) is 0 Å². The zero-order chi connectivity index (χ0) is 9.56. The van der Waals surface area contributed by atoms with Crippen LogP contribution in [-0.4, -0.2) is 24.5 Å². The summed E-state index contributed by atoms with van der Waals surface area (Å²) in [5.74, 6) is 0.971. The van der Waals surface area contributed by atoms with Crippen LogP contribution in [0.15, 0.2) is 0 Å². The highest BCUT2D eigenvalue weighted by Gasteiger charge is 2.23. The van der Waals surface area contributed by atoms with Crippen LogP contribution >= 0.6 is 0 Å². The Labute approximate surface area is 78.1 Å². The first-order valence-electron chi connectivity index (χ1n) is 5.44. The van der Waals surface area contributed by atoms with Crippen LogP contribution in [0, 0.1) is 5.92 Å². The summed E-state index contributed by atoms with van der Waals surface area (Å²) in [7, 11) is 2.24. The maximum atomic E-state index is 2.48. The standard InChI is InChI=1S/C9H19N.C2H6/c1-4-10(3)9-6-5-8(2)7-9;1-2/h8-9H,4-7H2,1-3H3;1-2H3. The van der Waals surface area contributed by atoms with Gasteiger partial charge in [0.15, 0.2) is 0 Å². The highest BCUT2D eigenvalue weighted by molar-refractivity contribution is 4.78. The van der Waals surface area contributed by atoms with E-state index >= 15 is 0 Å². The molecule has 0 aliphatic heterocycles. The summed E-state index contributed by atoms with van der Waals surface area (Å²) >= 11 is 0. The Hall–Kier alpha value is -0.0400. The van der Waals surface area contributed by atoms with Crippen LogP contribution in [0.1, 0.15) is 47.0 Å². The van der Waals surface area contributed by atoms with E-state index in [4.69, 9.17) is 0 Å². The molecule has 0 bridgehead atoms. The summed E-state index contributed by atoms with van der Waals surface area (Å²) < 4.78 is 0. The van der Waals surface area contributed by atoms with Crippen LogP contribution in [0.2, 0.25) is 0 Å². The highest BCUT2D eigenvalue weighted by Crippen LogP contribution is 2.27. The molecule has 2 atom stereocenters. The molecule has 0 amide bonds. The van der Waals surface area contributed by atoms with Crippen molar-refractivity contribution in [2.24, 2.45) is 5.92 Å². The second-order valence-corrected chi connectivity index (χ2v) is 3.65. The molecule has 0 aromatic rings. The Morgan fingerprint density at radius 1 is 1.25 bits per heavy atom. The second kappa shape index (κ2) is 6.47. The SMILES string of the molecule is CC.CCN(C)C1CCC(C)C1. The molecule has 1 saturated carbocycles. The molecule has 1 rings (SSSR count). The van der Waals surface area contributed by atoms with Crippen molar-refractivity contribution < 1.29 is 0 Å². The van der Waals surface area contributed by atoms with E-state index in [0.717, 1.165) is 12.0 Å². The Morgan fingerprint density at radius 3 is 2.17 bits per heavy atom. The van der Waals surface area contributed by atoms with Gasteiger partial charge in [-0.15, -0.1) is 0 Å². The van der Waals surface area contributed by atoms with Crippen molar-refractivity contribution in [2.45, 2.75) is 53.0 Å². The van der Waals surface area contributed by atoms with Gasteiger partial charge in [-0.1, -0.05) is 27.7 Å². The third-order valence-corrected chi connectivity index (χ3v) is 2.79. The number of hydrogen-bond donors (Lipinski definition) is 0. The quantitative estimate of drug-likeness (QED) is 0.617. The second-order valence-electron chi connectivity index (χ2n) is 3.65. The van der Waals surface area contributed by atoms with Gasteiger partial charge in [0, 0.05) is 6.04 Å². The van der Waals surface area contributed by atoms with E-state index in [2.05, 4.69) is 25.8 Å². The van der Waals surface area contributed by atoms with Crippen molar-refractivity contribution in [3.63, 3.8) is 0 Å². The molecule has 0 aromatic heterocycles. The van der Waals surface area contributed by atoms with Crippen molar-refractivity contribution in [2.75, 3.05) is 13.6 Å². The fraction of sp³-hybridized carbons (Fsp3) is 1.00. The first-order valence-corrected chi connectivity index (χ1v) is 5.44. The van der Waals surface area contributed by atoms with E-state index in [1.165, 1.54) is 25.8 Å². The van der Waals surface area contributed by atoms with Gasteiger partial charge >= 0.3 is 0 Å². The Kier molecular flexibility index (Phi) is 6.45. The molecule has 0 spiro atoms. The summed E-state index contributed by atoms with van der Waals surface area (Å²) in [4.78, 5) is 2.48. The maximum absolute atomic E-state index is 2.48. The summed E-state index contributed by atoms with van der Waals surface area (Å²) in [6.07, 6.45) is 4.28. The fourth-order valence-corrected chi connectivity index (χ4v) is 1.84. The molecule has 0 N–H and O–H groups in total. The lowest BCUT2D eigenvalue weighted by atomic mass is 10.1. The van der Waals surface area contributed by atoms with Gasteiger partial charge in [0.25, 0.3) is 0 Å². The van der Waals surface area contributed by atoms with Crippen LogP contribution < -0.4 is 0 Å². The van der Waals surface area contributed by atoms with Gasteiger partial charge in [-0.25, -0.2) is 0 Å². The normalized spacial score (nSPS) is 28.5. The van der Waals surface area contributed by atoms with Gasteiger partial charge < -0.3 is 4.90 Å². The zero-order valence-electron chi connectivity index (χ0n) is 9.43. The van der Waals surface area contributed by atoms with E-state index < -0.39 is 0 Å². The zero-order valence-corrected chi connectivity index (χ0v) is 9.43. The van der Waals surface area contributed by atoms with Crippen LogP contribution in [-0.2, 0) is 0 Å². The molecule has 0 saturated heterocycles. The van der Waals surface area contributed by atoms with Gasteiger partial charge in [0.05, 0.1) is 0 Å². The molecule has 0 radical (unpaired) electrons. The number of nitrogens with zero attached hydrogens (tertiary/aromatic N) is 1. The molecule has 1 fully saturated rings. The van der Waals surface area contributed by atoms with Crippen LogP contribution in [0.25, 0.3) is 0 Å². The molecule has 2 unspecified atom stereocenters. The van der Waals surface area contributed by atoms with E-state index in [-0.39, 0.29) is 0 Å². The minimum absolute atomic E-state index is 0.889. The van der Waals surface area contributed by atoms with Crippen LogP contribution in [0.4, 0.5) is 0 Å². The summed E-state index contributed by atoms with van der Waals surface area (Å²) in [5, 5.41) is 0. The molecule has 1 aliphatic carbocycles. The first-order chi connectivity index (χ1) is 5.74. The summed E-state index contributed by atoms with van der Waals surface area (Å²) in [6.45, 7) is 9.81. The number of rotatable bonds is 2. The topological polar surface area (TPSA) is 3.24 Å². The largest absolute Gasteiger partial charge is 0.304 e. The van der Waals surface area contributed by atoms with Crippen molar-refractivity contribution >= 4 is 0 Å². The van der Waals surface area contributed by atoms with Gasteiger partial charge in [-0.3, -0.25) is 0 Å². The molecule has 1 aliphatic rings. The molecule has 12 heavy (non-hydrogen) atoms. The lowest BCUT2D eigenvalue weighted by Crippen LogP contribution is -2.28. The third kappa shape index (κ3) is 3.57. The van der Waals surface area contributed by atoms with Gasteiger partial charge in [0.2, 0.25) is 0 Å². The summed E-state index contributed by atoms with van der Waals surface area (Å²) in [5.41, 5.74) is 0. The van der Waals surface area contributed by atoms with Crippen molar-refractivity contribution in [1.82, 2.24) is 4.90 Å². The minimum Gasteiger partial charge on any atom is -0.304 e. The average Bonchev–Trinajstić information content (AvgIpc) is 2.54. The van der Waals surface area contributed by atoms with Gasteiger partial charge in [-0.05, 0) is 38.8 Å². The monoisotopic (exact) mass is 171 g/mol. The van der Waals surface area contributed by atoms with Crippen LogP contribution in [0.3, 0.4) is 0 Å². The predicted octanol–water partition coefficient (Wildman–Crippen LogP) is 3.15. The van der Waals surface area contributed by atoms with Gasteiger partial charge in [-0.2, -0.15) is 0 Å². The van der Waals surface area contributed by atoms with Gasteiger partial charge in [0.1, 0.15) is 0 Å². The van der Waals surface area contributed by atoms with Crippen molar-refractivity contribution in [3.8, 4) is 0 Å². The van der Waals surface area contributed by atoms with E-state index in [9.17, 15) is 0 Å². The first kappa shape index (κ1) is 12.0. The molecular weight excluding hydrogens is 146 g/mol. The minimum atomic E-state index is 0.889. The molecule has 1 heteroatoms. The molecule has 0 aromatic carbocycles. The molecule has 0 heterocycles. The Balaban J connectivity index is 0.000000561. The Bertz CT molecular complexity index is 101.